The molecule has 1 aromatic heterocycles. The number of carbonyl (C=O) groups excluding carboxylic acids is 2. The van der Waals surface area contributed by atoms with Crippen molar-refractivity contribution in [1.29, 1.82) is 0 Å². The number of hydrogen-bond donors (Lipinski definition) is 1. The molecule has 5 heteroatoms. The van der Waals surface area contributed by atoms with Crippen molar-refractivity contribution in [3.8, 4) is 0 Å². The Labute approximate surface area is 148 Å². The number of ether oxygens (including phenoxy) is 1. The average Bonchev–Trinajstić information content (AvgIpc) is 2.60. The Hall–Kier alpha value is -2.69. The molecule has 5 nitrogen and oxygen atoms in total. The van der Waals surface area contributed by atoms with E-state index >= 15 is 0 Å². The third kappa shape index (κ3) is 5.14. The van der Waals surface area contributed by atoms with Crippen LogP contribution in [0.1, 0.15) is 42.3 Å². The summed E-state index contributed by atoms with van der Waals surface area (Å²) in [5, 5.41) is 2.72. The first kappa shape index (κ1) is 18.6. The molecular weight excluding hydrogens is 316 g/mol. The Morgan fingerprint density at radius 3 is 2.36 bits per heavy atom. The highest BCUT2D eigenvalue weighted by Crippen LogP contribution is 2.22. The fraction of sp³-hybridized carbons (Fsp3) is 0.350. The van der Waals surface area contributed by atoms with Crippen LogP contribution in [0.15, 0.2) is 48.8 Å². The number of aromatic nitrogens is 1. The smallest absolute Gasteiger partial charge is 0.328 e. The van der Waals surface area contributed by atoms with Crippen LogP contribution in [0.3, 0.4) is 0 Å². The molecule has 0 bridgehead atoms. The van der Waals surface area contributed by atoms with Crippen LogP contribution in [0.25, 0.3) is 0 Å². The molecule has 2 aromatic rings. The van der Waals surface area contributed by atoms with Crippen LogP contribution in [-0.4, -0.2) is 30.0 Å². The molecule has 0 fully saturated rings. The van der Waals surface area contributed by atoms with E-state index in [9.17, 15) is 9.59 Å². The van der Waals surface area contributed by atoms with E-state index in [1.807, 2.05) is 24.3 Å². The van der Waals surface area contributed by atoms with Gasteiger partial charge in [-0.2, -0.15) is 0 Å². The number of nitrogens with zero attached hydrogens (tertiary/aromatic N) is 1. The minimum Gasteiger partial charge on any atom is -0.467 e. The number of hydrogen-bond acceptors (Lipinski definition) is 4. The Balaban J connectivity index is 2.13. The zero-order chi connectivity index (χ0) is 18.4. The zero-order valence-electron chi connectivity index (χ0n) is 15.1. The third-order valence-electron chi connectivity index (χ3n) is 3.97. The Bertz CT molecular complexity index is 719. The number of nitrogens with one attached hydrogen (secondary N) is 1. The molecule has 0 aliphatic carbocycles. The van der Waals surface area contributed by atoms with Crippen molar-refractivity contribution in [2.75, 3.05) is 7.11 Å². The van der Waals surface area contributed by atoms with Crippen LogP contribution in [-0.2, 0) is 21.4 Å². The largest absolute Gasteiger partial charge is 0.467 e. The van der Waals surface area contributed by atoms with Gasteiger partial charge in [0, 0.05) is 18.8 Å². The van der Waals surface area contributed by atoms with Gasteiger partial charge in [0.2, 0.25) is 0 Å². The van der Waals surface area contributed by atoms with Gasteiger partial charge in [-0.15, -0.1) is 0 Å². The van der Waals surface area contributed by atoms with Gasteiger partial charge in [-0.25, -0.2) is 4.79 Å². The summed E-state index contributed by atoms with van der Waals surface area (Å²) in [5.74, 6) is -0.827. The van der Waals surface area contributed by atoms with E-state index in [0.29, 0.717) is 12.0 Å². The molecule has 1 heterocycles. The predicted octanol–water partition coefficient (Wildman–Crippen LogP) is 2.89. The maximum atomic E-state index is 12.3. The number of methoxy groups -OCH3 is 1. The molecule has 1 aromatic carbocycles. The molecule has 0 aliphatic heterocycles. The number of benzene rings is 1. The molecule has 0 spiro atoms. The van der Waals surface area contributed by atoms with Gasteiger partial charge in [0.15, 0.2) is 0 Å². The number of pyridine rings is 1. The summed E-state index contributed by atoms with van der Waals surface area (Å²) in [4.78, 5) is 28.3. The van der Waals surface area contributed by atoms with Crippen molar-refractivity contribution in [2.24, 2.45) is 0 Å². The van der Waals surface area contributed by atoms with Crippen molar-refractivity contribution in [1.82, 2.24) is 10.3 Å². The van der Waals surface area contributed by atoms with Crippen LogP contribution in [0, 0.1) is 0 Å². The topological polar surface area (TPSA) is 68.3 Å². The number of rotatable bonds is 5. The van der Waals surface area contributed by atoms with Gasteiger partial charge in [-0.1, -0.05) is 45.0 Å². The summed E-state index contributed by atoms with van der Waals surface area (Å²) in [6.45, 7) is 6.44. The van der Waals surface area contributed by atoms with Gasteiger partial charge in [0.25, 0.3) is 5.91 Å². The van der Waals surface area contributed by atoms with E-state index in [1.54, 1.807) is 18.3 Å². The van der Waals surface area contributed by atoms with Gasteiger partial charge in [-0.05, 0) is 28.7 Å². The first-order chi connectivity index (χ1) is 11.8. The molecule has 25 heavy (non-hydrogen) atoms. The second kappa shape index (κ2) is 7.92. The van der Waals surface area contributed by atoms with Gasteiger partial charge in [0.05, 0.1) is 12.7 Å². The maximum Gasteiger partial charge on any atom is 0.328 e. The highest BCUT2D eigenvalue weighted by Gasteiger charge is 2.23. The fourth-order valence-electron chi connectivity index (χ4n) is 2.45. The number of carbonyl (C=O) groups is 2. The van der Waals surface area contributed by atoms with Gasteiger partial charge in [-0.3, -0.25) is 9.78 Å². The van der Waals surface area contributed by atoms with E-state index < -0.39 is 12.0 Å². The summed E-state index contributed by atoms with van der Waals surface area (Å²) < 4.78 is 4.83. The SMILES string of the molecule is COC(=O)[C@H](Cc1ccc(C(C)(C)C)cc1)NC(=O)c1cccnc1. The van der Waals surface area contributed by atoms with E-state index in [-0.39, 0.29) is 11.3 Å². The molecule has 0 saturated heterocycles. The van der Waals surface area contributed by atoms with E-state index in [2.05, 4.69) is 31.1 Å². The van der Waals surface area contributed by atoms with Crippen molar-refractivity contribution >= 4 is 11.9 Å². The molecule has 132 valence electrons. The monoisotopic (exact) mass is 340 g/mol. The van der Waals surface area contributed by atoms with Crippen LogP contribution in [0.4, 0.5) is 0 Å². The number of amides is 1. The summed E-state index contributed by atoms with van der Waals surface area (Å²) in [6.07, 6.45) is 3.41. The van der Waals surface area contributed by atoms with Gasteiger partial charge < -0.3 is 10.1 Å². The Morgan fingerprint density at radius 2 is 1.84 bits per heavy atom. The summed E-state index contributed by atoms with van der Waals surface area (Å²) in [6, 6.07) is 10.6. The van der Waals surface area contributed by atoms with Crippen molar-refractivity contribution in [3.05, 3.63) is 65.5 Å². The van der Waals surface area contributed by atoms with E-state index in [0.717, 1.165) is 5.56 Å². The molecule has 2 rings (SSSR count). The molecule has 0 unspecified atom stereocenters. The quantitative estimate of drug-likeness (QED) is 0.850. The highest BCUT2D eigenvalue weighted by molar-refractivity contribution is 5.96. The highest BCUT2D eigenvalue weighted by atomic mass is 16.5. The minimum absolute atomic E-state index is 0.0643. The number of esters is 1. The van der Waals surface area contributed by atoms with Crippen LogP contribution < -0.4 is 5.32 Å². The first-order valence-electron chi connectivity index (χ1n) is 8.19. The maximum absolute atomic E-state index is 12.3. The third-order valence-corrected chi connectivity index (χ3v) is 3.97. The Kier molecular flexibility index (Phi) is 5.91. The van der Waals surface area contributed by atoms with E-state index in [1.165, 1.54) is 18.9 Å². The lowest BCUT2D eigenvalue weighted by Gasteiger charge is -2.20. The molecule has 1 atom stereocenters. The lowest BCUT2D eigenvalue weighted by atomic mass is 9.86. The molecule has 1 N–H and O–H groups in total. The molecule has 0 radical (unpaired) electrons. The second-order valence-corrected chi connectivity index (χ2v) is 6.94. The van der Waals surface area contributed by atoms with Crippen LogP contribution in [0.2, 0.25) is 0 Å². The standard InChI is InChI=1S/C20H24N2O3/c1-20(2,3)16-9-7-14(8-10-16)12-17(19(24)25-4)22-18(23)15-6-5-11-21-13-15/h5-11,13,17H,12H2,1-4H3,(H,22,23)/t17-/m0/s1. The minimum atomic E-state index is -0.752. The van der Waals surface area contributed by atoms with Crippen molar-refractivity contribution in [3.63, 3.8) is 0 Å². The van der Waals surface area contributed by atoms with E-state index in [4.69, 9.17) is 4.74 Å². The Morgan fingerprint density at radius 1 is 1.16 bits per heavy atom. The zero-order valence-corrected chi connectivity index (χ0v) is 15.1. The van der Waals surface area contributed by atoms with Crippen molar-refractivity contribution in [2.45, 2.75) is 38.6 Å². The average molecular weight is 340 g/mol. The summed E-state index contributed by atoms with van der Waals surface area (Å²) in [7, 11) is 1.31. The fourth-order valence-corrected chi connectivity index (χ4v) is 2.45. The molecule has 0 aliphatic rings. The molecule has 0 saturated carbocycles. The van der Waals surface area contributed by atoms with Gasteiger partial charge in [0.1, 0.15) is 6.04 Å². The lowest BCUT2D eigenvalue weighted by Crippen LogP contribution is -2.43. The summed E-state index contributed by atoms with van der Waals surface area (Å²) in [5.41, 5.74) is 2.63. The molecule has 1 amide bonds. The summed E-state index contributed by atoms with van der Waals surface area (Å²) >= 11 is 0. The second-order valence-electron chi connectivity index (χ2n) is 6.94. The molecular formula is C20H24N2O3. The van der Waals surface area contributed by atoms with Gasteiger partial charge >= 0.3 is 5.97 Å². The van der Waals surface area contributed by atoms with Crippen LogP contribution in [0.5, 0.6) is 0 Å². The van der Waals surface area contributed by atoms with Crippen LogP contribution >= 0.6 is 0 Å². The van der Waals surface area contributed by atoms with Crippen molar-refractivity contribution < 1.29 is 14.3 Å². The normalized spacial score (nSPS) is 12.3. The predicted molar refractivity (Wildman–Crippen MR) is 96.4 cm³/mol. The lowest BCUT2D eigenvalue weighted by molar-refractivity contribution is -0.142. The first-order valence-corrected chi connectivity index (χ1v) is 8.19.